The van der Waals surface area contributed by atoms with E-state index in [9.17, 15) is 4.79 Å². The van der Waals surface area contributed by atoms with Gasteiger partial charge in [-0.05, 0) is 37.6 Å². The fourth-order valence-electron chi connectivity index (χ4n) is 1.40. The lowest BCUT2D eigenvalue weighted by Crippen LogP contribution is -2.32. The van der Waals surface area contributed by atoms with Gasteiger partial charge in [0.2, 0.25) is 0 Å². The van der Waals surface area contributed by atoms with Crippen molar-refractivity contribution in [3.05, 3.63) is 33.8 Å². The van der Waals surface area contributed by atoms with Crippen molar-refractivity contribution in [3.63, 3.8) is 0 Å². The number of hydrogen-bond donors (Lipinski definition) is 2. The summed E-state index contributed by atoms with van der Waals surface area (Å²) in [6.45, 7) is 6.58. The molecule has 2 N–H and O–H groups in total. The van der Waals surface area contributed by atoms with Crippen LogP contribution >= 0.6 is 15.9 Å². The average Bonchev–Trinajstić information content (AvgIpc) is 2.32. The van der Waals surface area contributed by atoms with E-state index in [-0.39, 0.29) is 5.91 Å². The van der Waals surface area contributed by atoms with E-state index < -0.39 is 0 Å². The molecule has 1 aromatic carbocycles. The van der Waals surface area contributed by atoms with E-state index in [1.54, 1.807) is 0 Å². The molecule has 0 aromatic heterocycles. The molecule has 17 heavy (non-hydrogen) atoms. The molecule has 0 aliphatic heterocycles. The Morgan fingerprint density at radius 2 is 2.06 bits per heavy atom. The second-order valence-electron chi connectivity index (χ2n) is 3.97. The smallest absolute Gasteiger partial charge is 0.251 e. The van der Waals surface area contributed by atoms with Crippen LogP contribution in [0.15, 0.2) is 22.7 Å². The Morgan fingerprint density at radius 1 is 1.29 bits per heavy atom. The largest absolute Gasteiger partial charge is 0.351 e. The van der Waals surface area contributed by atoms with Crippen molar-refractivity contribution in [2.45, 2.75) is 20.3 Å². The van der Waals surface area contributed by atoms with Crippen molar-refractivity contribution in [1.29, 1.82) is 0 Å². The summed E-state index contributed by atoms with van der Waals surface area (Å²) in [7, 11) is 0. The third kappa shape index (κ3) is 4.88. The Kier molecular flexibility index (Phi) is 6.22. The number of hydrogen-bond acceptors (Lipinski definition) is 2. The van der Waals surface area contributed by atoms with Crippen molar-refractivity contribution in [3.8, 4) is 0 Å². The van der Waals surface area contributed by atoms with E-state index >= 15 is 0 Å². The van der Waals surface area contributed by atoms with Gasteiger partial charge in [0.05, 0.1) is 0 Å². The van der Waals surface area contributed by atoms with Gasteiger partial charge in [0.15, 0.2) is 0 Å². The molecule has 0 fully saturated rings. The summed E-state index contributed by atoms with van der Waals surface area (Å²) in [4.78, 5) is 11.8. The van der Waals surface area contributed by atoms with Crippen LogP contribution in [-0.2, 0) is 0 Å². The lowest BCUT2D eigenvalue weighted by Gasteiger charge is -2.07. The number of halogens is 1. The van der Waals surface area contributed by atoms with Crippen LogP contribution in [0.1, 0.15) is 29.3 Å². The fraction of sp³-hybridized carbons (Fsp3) is 0.462. The highest BCUT2D eigenvalue weighted by Gasteiger charge is 2.05. The molecule has 0 bridgehead atoms. The van der Waals surface area contributed by atoms with E-state index in [2.05, 4.69) is 33.5 Å². The summed E-state index contributed by atoms with van der Waals surface area (Å²) >= 11 is 3.42. The predicted molar refractivity (Wildman–Crippen MR) is 74.4 cm³/mol. The molecule has 1 aromatic rings. The minimum atomic E-state index is -0.0241. The number of amides is 1. The number of carbonyl (C=O) groups is 1. The lowest BCUT2D eigenvalue weighted by atomic mass is 10.1. The van der Waals surface area contributed by atoms with Crippen LogP contribution in [0, 0.1) is 6.92 Å². The Bertz CT molecular complexity index is 380. The molecule has 0 atom stereocenters. The first-order valence-electron chi connectivity index (χ1n) is 5.90. The summed E-state index contributed by atoms with van der Waals surface area (Å²) in [5, 5.41) is 6.12. The first kappa shape index (κ1) is 14.2. The molecule has 4 heteroatoms. The highest BCUT2D eigenvalue weighted by molar-refractivity contribution is 9.10. The summed E-state index contributed by atoms with van der Waals surface area (Å²) in [5.41, 5.74) is 1.82. The van der Waals surface area contributed by atoms with Crippen molar-refractivity contribution < 1.29 is 4.79 Å². The molecule has 0 aliphatic rings. The highest BCUT2D eigenvalue weighted by atomic mass is 79.9. The maximum atomic E-state index is 11.8. The Labute approximate surface area is 111 Å². The van der Waals surface area contributed by atoms with Gasteiger partial charge >= 0.3 is 0 Å². The molecule has 94 valence electrons. The molecule has 3 nitrogen and oxygen atoms in total. The quantitative estimate of drug-likeness (QED) is 0.792. The minimum Gasteiger partial charge on any atom is -0.351 e. The summed E-state index contributed by atoms with van der Waals surface area (Å²) in [5.74, 6) is -0.0241. The molecular weight excluding hydrogens is 280 g/mol. The molecule has 1 amide bonds. The van der Waals surface area contributed by atoms with Gasteiger partial charge in [-0.15, -0.1) is 0 Å². The molecule has 0 heterocycles. The molecule has 0 spiro atoms. The van der Waals surface area contributed by atoms with Gasteiger partial charge in [-0.1, -0.05) is 28.9 Å². The topological polar surface area (TPSA) is 41.1 Å². The van der Waals surface area contributed by atoms with Crippen molar-refractivity contribution in [2.24, 2.45) is 0 Å². The van der Waals surface area contributed by atoms with Gasteiger partial charge in [-0.3, -0.25) is 4.79 Å². The summed E-state index contributed by atoms with van der Waals surface area (Å²) < 4.78 is 0.967. The van der Waals surface area contributed by atoms with Crippen LogP contribution in [-0.4, -0.2) is 25.5 Å². The van der Waals surface area contributed by atoms with Crippen molar-refractivity contribution in [1.82, 2.24) is 10.6 Å². The predicted octanol–water partition coefficient (Wildman–Crippen LogP) is 2.49. The average molecular weight is 299 g/mol. The number of carbonyl (C=O) groups excluding carboxylic acids is 1. The Morgan fingerprint density at radius 3 is 2.71 bits per heavy atom. The van der Waals surface area contributed by atoms with E-state index in [1.165, 1.54) is 0 Å². The van der Waals surface area contributed by atoms with Crippen molar-refractivity contribution >= 4 is 21.8 Å². The minimum absolute atomic E-state index is 0.0241. The van der Waals surface area contributed by atoms with Crippen LogP contribution in [0.3, 0.4) is 0 Å². The lowest BCUT2D eigenvalue weighted by molar-refractivity contribution is 0.0954. The maximum absolute atomic E-state index is 11.8. The van der Waals surface area contributed by atoms with Crippen LogP contribution in [0.5, 0.6) is 0 Å². The van der Waals surface area contributed by atoms with Crippen LogP contribution in [0.2, 0.25) is 0 Å². The molecular formula is C13H19BrN2O. The van der Waals surface area contributed by atoms with Crippen LogP contribution < -0.4 is 10.6 Å². The van der Waals surface area contributed by atoms with E-state index in [1.807, 2.05) is 25.1 Å². The van der Waals surface area contributed by atoms with Crippen LogP contribution in [0.25, 0.3) is 0 Å². The summed E-state index contributed by atoms with van der Waals surface area (Å²) in [6, 6.07) is 5.63. The monoisotopic (exact) mass is 298 g/mol. The standard InChI is InChI=1S/C13H19BrN2O/c1-3-6-15-7-8-16-13(17)11-5-4-10(2)12(14)9-11/h4-5,9,15H,3,6-8H2,1-2H3,(H,16,17). The number of nitrogens with one attached hydrogen (secondary N) is 2. The van der Waals surface area contributed by atoms with Gasteiger partial charge in [0.1, 0.15) is 0 Å². The van der Waals surface area contributed by atoms with Gasteiger partial charge in [-0.2, -0.15) is 0 Å². The molecule has 0 saturated carbocycles. The highest BCUT2D eigenvalue weighted by Crippen LogP contribution is 2.17. The molecule has 0 radical (unpaired) electrons. The zero-order valence-corrected chi connectivity index (χ0v) is 11.9. The number of aryl methyl sites for hydroxylation is 1. The Balaban J connectivity index is 2.39. The third-order valence-corrected chi connectivity index (χ3v) is 3.30. The normalized spacial score (nSPS) is 10.3. The molecule has 0 saturated heterocycles. The Hall–Kier alpha value is -0.870. The van der Waals surface area contributed by atoms with Crippen LogP contribution in [0.4, 0.5) is 0 Å². The molecule has 0 aliphatic carbocycles. The summed E-state index contributed by atoms with van der Waals surface area (Å²) in [6.07, 6.45) is 1.11. The maximum Gasteiger partial charge on any atom is 0.251 e. The zero-order chi connectivity index (χ0) is 12.7. The van der Waals surface area contributed by atoms with Gasteiger partial charge in [0.25, 0.3) is 5.91 Å². The van der Waals surface area contributed by atoms with Gasteiger partial charge in [0, 0.05) is 23.1 Å². The number of rotatable bonds is 6. The molecule has 1 rings (SSSR count). The van der Waals surface area contributed by atoms with Crippen molar-refractivity contribution in [2.75, 3.05) is 19.6 Å². The first-order chi connectivity index (χ1) is 8.15. The van der Waals surface area contributed by atoms with E-state index in [4.69, 9.17) is 0 Å². The van der Waals surface area contributed by atoms with E-state index in [0.717, 1.165) is 29.5 Å². The van der Waals surface area contributed by atoms with Gasteiger partial charge < -0.3 is 10.6 Å². The fourth-order valence-corrected chi connectivity index (χ4v) is 1.78. The zero-order valence-electron chi connectivity index (χ0n) is 10.3. The molecule has 0 unspecified atom stereocenters. The van der Waals surface area contributed by atoms with E-state index in [0.29, 0.717) is 12.1 Å². The first-order valence-corrected chi connectivity index (χ1v) is 6.69. The second kappa shape index (κ2) is 7.45. The second-order valence-corrected chi connectivity index (χ2v) is 4.82. The van der Waals surface area contributed by atoms with Gasteiger partial charge in [-0.25, -0.2) is 0 Å². The SMILES string of the molecule is CCCNCCNC(=O)c1ccc(C)c(Br)c1. The number of benzene rings is 1. The third-order valence-electron chi connectivity index (χ3n) is 2.45.